The first-order valence-electron chi connectivity index (χ1n) is 9.98. The maximum atomic E-state index is 9.75. The van der Waals surface area contributed by atoms with Gasteiger partial charge in [-0.3, -0.25) is 0 Å². The van der Waals surface area contributed by atoms with Crippen molar-refractivity contribution in [3.63, 3.8) is 0 Å². The summed E-state index contributed by atoms with van der Waals surface area (Å²) in [4.78, 5) is 7.74. The highest BCUT2D eigenvalue weighted by molar-refractivity contribution is 14.1. The molecule has 32 heavy (non-hydrogen) atoms. The molecule has 1 heterocycles. The number of aromatic amines is 1. The van der Waals surface area contributed by atoms with Crippen molar-refractivity contribution in [1.82, 2.24) is 9.97 Å². The van der Waals surface area contributed by atoms with Crippen molar-refractivity contribution in [3.05, 3.63) is 86.2 Å². The number of aromatic nitrogens is 2. The Morgan fingerprint density at radius 3 is 2.69 bits per heavy atom. The molecule has 0 bridgehead atoms. The lowest BCUT2D eigenvalue weighted by Gasteiger charge is -2.15. The number of hydrogen-bond donors (Lipinski definition) is 1. The summed E-state index contributed by atoms with van der Waals surface area (Å²) in [6, 6.07) is 21.3. The van der Waals surface area contributed by atoms with Crippen LogP contribution in [0.1, 0.15) is 23.9 Å². The van der Waals surface area contributed by atoms with Gasteiger partial charge in [0.2, 0.25) is 0 Å². The molecule has 0 fully saturated rings. The summed E-state index contributed by atoms with van der Waals surface area (Å²) in [5, 5.41) is 10.4. The highest BCUT2D eigenvalue weighted by Gasteiger charge is 2.14. The Morgan fingerprint density at radius 2 is 1.94 bits per heavy atom. The van der Waals surface area contributed by atoms with E-state index in [4.69, 9.17) is 21.1 Å². The number of allylic oxidation sites excluding steroid dienone is 1. The van der Waals surface area contributed by atoms with Crippen LogP contribution in [0.4, 0.5) is 0 Å². The molecule has 0 spiro atoms. The average molecular weight is 556 g/mol. The molecule has 0 amide bonds. The topological polar surface area (TPSA) is 70.9 Å². The van der Waals surface area contributed by atoms with E-state index in [9.17, 15) is 5.26 Å². The third-order valence-electron chi connectivity index (χ3n) is 4.74. The number of benzene rings is 3. The van der Waals surface area contributed by atoms with Gasteiger partial charge >= 0.3 is 0 Å². The summed E-state index contributed by atoms with van der Waals surface area (Å²) in [6.45, 7) is 2.73. The second-order valence-electron chi connectivity index (χ2n) is 6.92. The standard InChI is InChI=1S/C25H19ClIN3O2/c1-2-31-23-13-16(11-18(14-28)25-29-21-9-5-6-10-22(21)30-25)12-20(27)24(23)32-15-17-7-3-4-8-19(17)26/h3-13H,2,15H2,1H3,(H,29,30)/b18-11+. The number of H-pyrrole nitrogens is 1. The normalized spacial score (nSPS) is 11.4. The lowest BCUT2D eigenvalue weighted by molar-refractivity contribution is 0.267. The van der Waals surface area contributed by atoms with Gasteiger partial charge in [0.05, 0.1) is 26.8 Å². The third kappa shape index (κ3) is 4.90. The maximum Gasteiger partial charge on any atom is 0.175 e. The van der Waals surface area contributed by atoms with E-state index in [1.165, 1.54) is 0 Å². The molecular formula is C25H19ClIN3O2. The Kier molecular flexibility index (Phi) is 6.98. The molecule has 4 aromatic rings. The van der Waals surface area contributed by atoms with E-state index in [-0.39, 0.29) is 0 Å². The molecule has 0 aliphatic carbocycles. The van der Waals surface area contributed by atoms with Gasteiger partial charge in [0, 0.05) is 10.6 Å². The minimum atomic E-state index is 0.327. The quantitative estimate of drug-likeness (QED) is 0.200. The van der Waals surface area contributed by atoms with Gasteiger partial charge in [-0.15, -0.1) is 0 Å². The molecule has 0 atom stereocenters. The van der Waals surface area contributed by atoms with Crippen LogP contribution in [0.3, 0.4) is 0 Å². The van der Waals surface area contributed by atoms with Gasteiger partial charge in [-0.2, -0.15) is 5.26 Å². The number of para-hydroxylation sites is 2. The average Bonchev–Trinajstić information content (AvgIpc) is 3.22. The molecule has 0 radical (unpaired) electrons. The van der Waals surface area contributed by atoms with Crippen LogP contribution in [-0.4, -0.2) is 16.6 Å². The first kappa shape index (κ1) is 22.2. The van der Waals surface area contributed by atoms with Crippen LogP contribution in [0.15, 0.2) is 60.7 Å². The van der Waals surface area contributed by atoms with Gasteiger partial charge in [0.15, 0.2) is 11.5 Å². The van der Waals surface area contributed by atoms with Gasteiger partial charge in [0.25, 0.3) is 0 Å². The molecule has 3 aromatic carbocycles. The summed E-state index contributed by atoms with van der Waals surface area (Å²) < 4.78 is 12.8. The van der Waals surface area contributed by atoms with Crippen LogP contribution in [0.2, 0.25) is 5.02 Å². The van der Waals surface area contributed by atoms with Gasteiger partial charge in [-0.05, 0) is 71.5 Å². The van der Waals surface area contributed by atoms with Crippen LogP contribution < -0.4 is 9.47 Å². The van der Waals surface area contributed by atoms with Crippen molar-refractivity contribution in [2.45, 2.75) is 13.5 Å². The van der Waals surface area contributed by atoms with E-state index in [0.29, 0.717) is 41.1 Å². The molecule has 1 aromatic heterocycles. The SMILES string of the molecule is CCOc1cc(/C=C(\C#N)c2nc3ccccc3[nH]2)cc(I)c1OCc1ccccc1Cl. The molecule has 7 heteroatoms. The molecule has 0 saturated heterocycles. The number of hydrogen-bond acceptors (Lipinski definition) is 4. The number of nitrogens with one attached hydrogen (secondary N) is 1. The number of rotatable bonds is 7. The molecule has 1 N–H and O–H groups in total. The molecule has 5 nitrogen and oxygen atoms in total. The van der Waals surface area contributed by atoms with Crippen molar-refractivity contribution in [3.8, 4) is 17.6 Å². The number of ether oxygens (including phenoxy) is 2. The van der Waals surface area contributed by atoms with Crippen LogP contribution in [0, 0.1) is 14.9 Å². The number of halogens is 2. The number of imidazole rings is 1. The van der Waals surface area contributed by atoms with Crippen LogP contribution >= 0.6 is 34.2 Å². The van der Waals surface area contributed by atoms with Crippen molar-refractivity contribution < 1.29 is 9.47 Å². The lowest BCUT2D eigenvalue weighted by Crippen LogP contribution is -2.02. The zero-order chi connectivity index (χ0) is 22.5. The van der Waals surface area contributed by atoms with Gasteiger partial charge in [0.1, 0.15) is 18.5 Å². The van der Waals surface area contributed by atoms with E-state index in [1.54, 1.807) is 6.08 Å². The van der Waals surface area contributed by atoms with E-state index in [0.717, 1.165) is 25.7 Å². The fraction of sp³-hybridized carbons (Fsp3) is 0.120. The zero-order valence-corrected chi connectivity index (χ0v) is 20.1. The second-order valence-corrected chi connectivity index (χ2v) is 8.48. The Labute approximate surface area is 204 Å². The van der Waals surface area contributed by atoms with E-state index >= 15 is 0 Å². The van der Waals surface area contributed by atoms with Crippen molar-refractivity contribution >= 4 is 56.9 Å². The minimum Gasteiger partial charge on any atom is -0.490 e. The molecule has 0 aliphatic heterocycles. The van der Waals surface area contributed by atoms with Gasteiger partial charge in [-0.1, -0.05) is 41.9 Å². The maximum absolute atomic E-state index is 9.75. The summed E-state index contributed by atoms with van der Waals surface area (Å²) >= 11 is 8.47. The zero-order valence-electron chi connectivity index (χ0n) is 17.2. The molecule has 0 saturated carbocycles. The third-order valence-corrected chi connectivity index (χ3v) is 5.91. The fourth-order valence-corrected chi connectivity index (χ4v) is 4.21. The van der Waals surface area contributed by atoms with Crippen LogP contribution in [-0.2, 0) is 6.61 Å². The van der Waals surface area contributed by atoms with Gasteiger partial charge < -0.3 is 14.5 Å². The number of nitrogens with zero attached hydrogens (tertiary/aromatic N) is 2. The second kappa shape index (κ2) is 10.1. The highest BCUT2D eigenvalue weighted by Crippen LogP contribution is 2.36. The Bertz CT molecular complexity index is 1310. The summed E-state index contributed by atoms with van der Waals surface area (Å²) in [5.41, 5.74) is 3.85. The van der Waals surface area contributed by atoms with E-state index < -0.39 is 0 Å². The highest BCUT2D eigenvalue weighted by atomic mass is 127. The first-order chi connectivity index (χ1) is 15.6. The molecule has 0 aliphatic rings. The van der Waals surface area contributed by atoms with Crippen molar-refractivity contribution in [2.75, 3.05) is 6.61 Å². The van der Waals surface area contributed by atoms with E-state index in [1.807, 2.05) is 67.6 Å². The monoisotopic (exact) mass is 555 g/mol. The van der Waals surface area contributed by atoms with Crippen LogP contribution in [0.25, 0.3) is 22.7 Å². The minimum absolute atomic E-state index is 0.327. The largest absolute Gasteiger partial charge is 0.490 e. The first-order valence-corrected chi connectivity index (χ1v) is 11.4. The van der Waals surface area contributed by atoms with E-state index in [2.05, 4.69) is 38.6 Å². The van der Waals surface area contributed by atoms with Crippen molar-refractivity contribution in [1.29, 1.82) is 5.26 Å². The summed E-state index contributed by atoms with van der Waals surface area (Å²) in [6.07, 6.45) is 1.79. The van der Waals surface area contributed by atoms with Crippen LogP contribution in [0.5, 0.6) is 11.5 Å². The van der Waals surface area contributed by atoms with Gasteiger partial charge in [-0.25, -0.2) is 4.98 Å². The molecule has 160 valence electrons. The Balaban J connectivity index is 1.67. The predicted molar refractivity (Wildman–Crippen MR) is 136 cm³/mol. The Morgan fingerprint density at radius 1 is 1.16 bits per heavy atom. The molecular weight excluding hydrogens is 537 g/mol. The van der Waals surface area contributed by atoms with Crippen molar-refractivity contribution in [2.24, 2.45) is 0 Å². The molecule has 0 unspecified atom stereocenters. The molecule has 4 rings (SSSR count). The number of fused-ring (bicyclic) bond motifs is 1. The predicted octanol–water partition coefficient (Wildman–Crippen LogP) is 6.86. The fourth-order valence-electron chi connectivity index (χ4n) is 3.24. The summed E-state index contributed by atoms with van der Waals surface area (Å²) in [7, 11) is 0. The Hall–Kier alpha value is -3.02. The number of nitriles is 1. The lowest BCUT2D eigenvalue weighted by atomic mass is 10.1. The summed E-state index contributed by atoms with van der Waals surface area (Å²) in [5.74, 6) is 1.78. The smallest absolute Gasteiger partial charge is 0.175 e.